The first-order chi connectivity index (χ1) is 6.81. The van der Waals surface area contributed by atoms with Crippen LogP contribution in [0.25, 0.3) is 0 Å². The Morgan fingerprint density at radius 1 is 1.50 bits per heavy atom. The Morgan fingerprint density at radius 2 is 2.36 bits per heavy atom. The maximum Gasteiger partial charge on any atom is 0.166 e. The fourth-order valence-electron chi connectivity index (χ4n) is 1.29. The number of aromatic nitrogens is 1. The molecule has 2 aromatic heterocycles. The number of carbonyl (C=O) groups excluding carboxylic acids is 1. The molecule has 14 heavy (non-hydrogen) atoms. The topological polar surface area (TPSA) is 22.0 Å². The highest BCUT2D eigenvalue weighted by atomic mass is 127. The van der Waals surface area contributed by atoms with Gasteiger partial charge < -0.3 is 4.57 Å². The Morgan fingerprint density at radius 3 is 3.00 bits per heavy atom. The lowest BCUT2D eigenvalue weighted by molar-refractivity contribution is 0.111. The average Bonchev–Trinajstić information content (AvgIpc) is 2.77. The molecule has 0 aliphatic heterocycles. The van der Waals surface area contributed by atoms with E-state index < -0.39 is 0 Å². The Kier molecular flexibility index (Phi) is 3.02. The highest BCUT2D eigenvalue weighted by molar-refractivity contribution is 14.1. The summed E-state index contributed by atoms with van der Waals surface area (Å²) in [4.78, 5) is 10.7. The van der Waals surface area contributed by atoms with Crippen molar-refractivity contribution in [3.05, 3.63) is 43.9 Å². The molecule has 0 aliphatic carbocycles. The van der Waals surface area contributed by atoms with Crippen LogP contribution in [0.2, 0.25) is 0 Å². The Balaban J connectivity index is 2.27. The number of aldehydes is 1. The Labute approximate surface area is 99.7 Å². The van der Waals surface area contributed by atoms with Gasteiger partial charge in [-0.15, -0.1) is 11.3 Å². The third kappa shape index (κ3) is 1.90. The van der Waals surface area contributed by atoms with Gasteiger partial charge in [0.25, 0.3) is 0 Å². The van der Waals surface area contributed by atoms with E-state index in [0.29, 0.717) is 0 Å². The lowest BCUT2D eigenvalue weighted by Crippen LogP contribution is -2.01. The summed E-state index contributed by atoms with van der Waals surface area (Å²) in [5.41, 5.74) is 2.00. The van der Waals surface area contributed by atoms with E-state index in [1.54, 1.807) is 11.3 Å². The van der Waals surface area contributed by atoms with E-state index in [9.17, 15) is 4.79 Å². The van der Waals surface area contributed by atoms with Crippen molar-refractivity contribution in [3.63, 3.8) is 0 Å². The normalized spacial score (nSPS) is 10.4. The first-order valence-corrected chi connectivity index (χ1v) is 6.09. The third-order valence-electron chi connectivity index (χ3n) is 2.02. The van der Waals surface area contributed by atoms with Crippen LogP contribution >= 0.6 is 33.9 Å². The summed E-state index contributed by atoms with van der Waals surface area (Å²) < 4.78 is 3.24. The lowest BCUT2D eigenvalue weighted by atomic mass is 10.3. The minimum atomic E-state index is 0.729. The molecule has 0 N–H and O–H groups in total. The average molecular weight is 317 g/mol. The Hall–Kier alpha value is -0.620. The minimum absolute atomic E-state index is 0.729. The molecule has 0 saturated carbocycles. The highest BCUT2D eigenvalue weighted by Crippen LogP contribution is 2.20. The van der Waals surface area contributed by atoms with Gasteiger partial charge in [-0.2, -0.15) is 0 Å². The molecule has 0 fully saturated rings. The lowest BCUT2D eigenvalue weighted by Gasteiger charge is -2.03. The molecule has 0 unspecified atom stereocenters. The zero-order chi connectivity index (χ0) is 9.97. The van der Waals surface area contributed by atoms with Crippen LogP contribution in [0.4, 0.5) is 0 Å². The maximum atomic E-state index is 10.7. The Bertz CT molecular complexity index is 446. The summed E-state index contributed by atoms with van der Waals surface area (Å²) in [6.07, 6.45) is 2.82. The van der Waals surface area contributed by atoms with Gasteiger partial charge in [0.2, 0.25) is 0 Å². The molecule has 0 aliphatic rings. The quantitative estimate of drug-likeness (QED) is 0.630. The number of hydrogen-bond acceptors (Lipinski definition) is 2. The van der Waals surface area contributed by atoms with Crippen molar-refractivity contribution >= 4 is 40.2 Å². The molecular weight excluding hydrogens is 309 g/mol. The van der Waals surface area contributed by atoms with Gasteiger partial charge in [0, 0.05) is 12.7 Å². The fraction of sp³-hybridized carbons (Fsp3) is 0.100. The van der Waals surface area contributed by atoms with Crippen LogP contribution in [0.1, 0.15) is 16.1 Å². The number of hydrogen-bond donors (Lipinski definition) is 0. The highest BCUT2D eigenvalue weighted by Gasteiger charge is 2.04. The summed E-state index contributed by atoms with van der Waals surface area (Å²) in [6.45, 7) is 0.781. The van der Waals surface area contributed by atoms with E-state index >= 15 is 0 Å². The van der Waals surface area contributed by atoms with E-state index in [4.69, 9.17) is 0 Å². The first-order valence-electron chi connectivity index (χ1n) is 4.13. The van der Waals surface area contributed by atoms with Crippen LogP contribution in [-0.2, 0) is 6.54 Å². The molecule has 2 aromatic rings. The van der Waals surface area contributed by atoms with E-state index in [2.05, 4.69) is 34.0 Å². The number of carbonyl (C=O) groups is 1. The van der Waals surface area contributed by atoms with E-state index in [0.717, 1.165) is 18.5 Å². The van der Waals surface area contributed by atoms with Crippen molar-refractivity contribution in [1.29, 1.82) is 0 Å². The first kappa shape index (κ1) is 9.92. The molecule has 0 spiro atoms. The molecule has 0 amide bonds. The molecule has 0 aromatic carbocycles. The molecule has 0 atom stereocenters. The zero-order valence-corrected chi connectivity index (χ0v) is 10.3. The van der Waals surface area contributed by atoms with Gasteiger partial charge in [0.15, 0.2) is 6.29 Å². The van der Waals surface area contributed by atoms with Gasteiger partial charge in [-0.3, -0.25) is 4.79 Å². The van der Waals surface area contributed by atoms with E-state index in [1.807, 2.05) is 22.9 Å². The standard InChI is InChI=1S/C10H8INOS/c11-10-8(3-5-14-10)6-12-4-1-2-9(12)7-13/h1-5,7H,6H2. The van der Waals surface area contributed by atoms with Gasteiger partial charge in [0.1, 0.15) is 0 Å². The second-order valence-corrected chi connectivity index (χ2v) is 5.63. The van der Waals surface area contributed by atoms with Crippen molar-refractivity contribution in [2.45, 2.75) is 6.54 Å². The molecule has 0 saturated heterocycles. The predicted octanol–water partition coefficient (Wildman–Crippen LogP) is 3.02. The molecule has 2 heterocycles. The van der Waals surface area contributed by atoms with Crippen molar-refractivity contribution < 1.29 is 4.79 Å². The summed E-state index contributed by atoms with van der Waals surface area (Å²) >= 11 is 4.05. The molecule has 0 radical (unpaired) electrons. The summed E-state index contributed by atoms with van der Waals surface area (Å²) in [7, 11) is 0. The zero-order valence-electron chi connectivity index (χ0n) is 7.31. The van der Waals surface area contributed by atoms with Gasteiger partial charge >= 0.3 is 0 Å². The van der Waals surface area contributed by atoms with Crippen LogP contribution in [0.15, 0.2) is 29.8 Å². The molecule has 2 nitrogen and oxygen atoms in total. The van der Waals surface area contributed by atoms with E-state index in [1.165, 1.54) is 8.45 Å². The molecule has 72 valence electrons. The number of halogens is 1. The summed E-state index contributed by atoms with van der Waals surface area (Å²) in [5.74, 6) is 0. The van der Waals surface area contributed by atoms with Crippen LogP contribution in [0, 0.1) is 2.88 Å². The van der Waals surface area contributed by atoms with Crippen LogP contribution in [-0.4, -0.2) is 10.9 Å². The molecule has 4 heteroatoms. The second kappa shape index (κ2) is 4.27. The summed E-state index contributed by atoms with van der Waals surface area (Å²) in [5, 5.41) is 2.07. The monoisotopic (exact) mass is 317 g/mol. The van der Waals surface area contributed by atoms with Crippen LogP contribution in [0.5, 0.6) is 0 Å². The summed E-state index contributed by atoms with van der Waals surface area (Å²) in [6, 6.07) is 5.82. The number of thiophene rings is 1. The van der Waals surface area contributed by atoms with Gasteiger partial charge in [-0.1, -0.05) is 0 Å². The predicted molar refractivity (Wildman–Crippen MR) is 66.0 cm³/mol. The maximum absolute atomic E-state index is 10.7. The molecule has 0 bridgehead atoms. The van der Waals surface area contributed by atoms with Gasteiger partial charge in [-0.05, 0) is 51.7 Å². The fourth-order valence-corrected chi connectivity index (χ4v) is 2.72. The van der Waals surface area contributed by atoms with Crippen molar-refractivity contribution in [2.24, 2.45) is 0 Å². The van der Waals surface area contributed by atoms with E-state index in [-0.39, 0.29) is 0 Å². The van der Waals surface area contributed by atoms with Crippen molar-refractivity contribution in [1.82, 2.24) is 4.57 Å². The third-order valence-corrected chi connectivity index (χ3v) is 4.22. The molecule has 2 rings (SSSR count). The molecular formula is C10H8INOS. The van der Waals surface area contributed by atoms with Crippen LogP contribution < -0.4 is 0 Å². The second-order valence-electron chi connectivity index (χ2n) is 2.90. The number of rotatable bonds is 3. The van der Waals surface area contributed by atoms with Crippen LogP contribution in [0.3, 0.4) is 0 Å². The smallest absolute Gasteiger partial charge is 0.166 e. The van der Waals surface area contributed by atoms with Crippen molar-refractivity contribution in [2.75, 3.05) is 0 Å². The van der Waals surface area contributed by atoms with Crippen molar-refractivity contribution in [3.8, 4) is 0 Å². The minimum Gasteiger partial charge on any atom is -0.341 e. The SMILES string of the molecule is O=Cc1cccn1Cc1ccsc1I. The van der Waals surface area contributed by atoms with Gasteiger partial charge in [-0.25, -0.2) is 0 Å². The van der Waals surface area contributed by atoms with Gasteiger partial charge in [0.05, 0.1) is 8.58 Å². The number of nitrogens with zero attached hydrogens (tertiary/aromatic N) is 1. The largest absolute Gasteiger partial charge is 0.341 e.